The Morgan fingerprint density at radius 3 is 2.68 bits per heavy atom. The maximum atomic E-state index is 11.2. The summed E-state index contributed by atoms with van der Waals surface area (Å²) in [4.78, 5) is 0. The quantitative estimate of drug-likeness (QED) is 0.922. The molecule has 0 aromatic heterocycles. The minimum atomic E-state index is -2.89. The molecule has 1 aliphatic carbocycles. The van der Waals surface area contributed by atoms with Crippen molar-refractivity contribution in [1.29, 1.82) is 0 Å². The highest BCUT2D eigenvalue weighted by molar-refractivity contribution is 7.90. The molecule has 0 aliphatic heterocycles. The molecule has 106 valence electrons. The predicted molar refractivity (Wildman–Crippen MR) is 79.2 cm³/mol. The van der Waals surface area contributed by atoms with Crippen molar-refractivity contribution in [2.24, 2.45) is 0 Å². The first kappa shape index (κ1) is 14.5. The lowest BCUT2D eigenvalue weighted by Crippen LogP contribution is -2.34. The molecular formula is C15H23NO2S. The summed E-state index contributed by atoms with van der Waals surface area (Å²) < 4.78 is 22.4. The van der Waals surface area contributed by atoms with E-state index in [4.69, 9.17) is 0 Å². The SMILES string of the molecule is CC1(C)CCC(NCCS(C)(=O)=O)c2ccccc21. The van der Waals surface area contributed by atoms with Crippen LogP contribution in [0, 0.1) is 0 Å². The second kappa shape index (κ2) is 5.25. The molecule has 19 heavy (non-hydrogen) atoms. The molecule has 0 spiro atoms. The number of sulfone groups is 1. The highest BCUT2D eigenvalue weighted by Crippen LogP contribution is 2.41. The smallest absolute Gasteiger partial charge is 0.148 e. The maximum absolute atomic E-state index is 11.2. The summed E-state index contributed by atoms with van der Waals surface area (Å²) in [6, 6.07) is 8.78. The zero-order chi connectivity index (χ0) is 14.1. The number of hydrogen-bond acceptors (Lipinski definition) is 3. The van der Waals surface area contributed by atoms with Crippen LogP contribution in [-0.2, 0) is 15.3 Å². The average Bonchev–Trinajstić information content (AvgIpc) is 2.31. The van der Waals surface area contributed by atoms with Crippen molar-refractivity contribution >= 4 is 9.84 Å². The molecular weight excluding hydrogens is 258 g/mol. The molecule has 1 aromatic rings. The van der Waals surface area contributed by atoms with E-state index in [1.807, 2.05) is 0 Å². The first-order valence-corrected chi connectivity index (χ1v) is 8.86. The highest BCUT2D eigenvalue weighted by Gasteiger charge is 2.31. The van der Waals surface area contributed by atoms with Crippen molar-refractivity contribution in [3.63, 3.8) is 0 Å². The fourth-order valence-electron chi connectivity index (χ4n) is 2.84. The summed E-state index contributed by atoms with van der Waals surface area (Å²) in [5, 5.41) is 3.39. The molecule has 4 heteroatoms. The van der Waals surface area contributed by atoms with E-state index in [0.29, 0.717) is 6.54 Å². The molecule has 1 atom stereocenters. The molecule has 1 aromatic carbocycles. The molecule has 0 saturated heterocycles. The van der Waals surface area contributed by atoms with Crippen LogP contribution in [0.1, 0.15) is 43.9 Å². The van der Waals surface area contributed by atoms with Crippen molar-refractivity contribution in [2.45, 2.75) is 38.1 Å². The summed E-state index contributed by atoms with van der Waals surface area (Å²) in [5.41, 5.74) is 2.93. The molecule has 0 heterocycles. The predicted octanol–water partition coefficient (Wildman–Crippen LogP) is 2.43. The summed E-state index contributed by atoms with van der Waals surface area (Å²) in [5.74, 6) is 0.203. The number of nitrogens with one attached hydrogen (secondary N) is 1. The Hall–Kier alpha value is -0.870. The lowest BCUT2D eigenvalue weighted by Gasteiger charge is -2.37. The molecule has 1 aliphatic rings. The van der Waals surface area contributed by atoms with Crippen molar-refractivity contribution < 1.29 is 8.42 Å². The molecule has 3 nitrogen and oxygen atoms in total. The zero-order valence-corrected chi connectivity index (χ0v) is 12.8. The highest BCUT2D eigenvalue weighted by atomic mass is 32.2. The molecule has 0 bridgehead atoms. The Balaban J connectivity index is 2.12. The lowest BCUT2D eigenvalue weighted by molar-refractivity contribution is 0.362. The summed E-state index contributed by atoms with van der Waals surface area (Å²) in [6.07, 6.45) is 3.47. The van der Waals surface area contributed by atoms with Gasteiger partial charge in [-0.05, 0) is 29.4 Å². The number of hydrogen-bond donors (Lipinski definition) is 1. The first-order chi connectivity index (χ1) is 8.80. The van der Waals surface area contributed by atoms with Crippen molar-refractivity contribution in [3.8, 4) is 0 Å². The molecule has 0 amide bonds. The molecule has 2 rings (SSSR count). The zero-order valence-electron chi connectivity index (χ0n) is 11.9. The molecule has 0 radical (unpaired) electrons. The van der Waals surface area contributed by atoms with Crippen LogP contribution in [0.25, 0.3) is 0 Å². The maximum Gasteiger partial charge on any atom is 0.148 e. The first-order valence-electron chi connectivity index (χ1n) is 6.80. The summed E-state index contributed by atoms with van der Waals surface area (Å²) in [7, 11) is -2.89. The van der Waals surface area contributed by atoms with Gasteiger partial charge in [-0.25, -0.2) is 8.42 Å². The largest absolute Gasteiger partial charge is 0.309 e. The van der Waals surface area contributed by atoms with Crippen LogP contribution >= 0.6 is 0 Å². The van der Waals surface area contributed by atoms with Crippen LogP contribution in [0.5, 0.6) is 0 Å². The standard InChI is InChI=1S/C15H23NO2S/c1-15(2)9-8-14(16-10-11-19(3,17)18)12-6-4-5-7-13(12)15/h4-7,14,16H,8-11H2,1-3H3. The van der Waals surface area contributed by atoms with Crippen molar-refractivity contribution in [3.05, 3.63) is 35.4 Å². The number of fused-ring (bicyclic) bond motifs is 1. The van der Waals surface area contributed by atoms with Crippen LogP contribution in [-0.4, -0.2) is 27.0 Å². The Labute approximate surface area is 116 Å². The van der Waals surface area contributed by atoms with E-state index in [0.717, 1.165) is 12.8 Å². The monoisotopic (exact) mass is 281 g/mol. The molecule has 0 fully saturated rings. The second-order valence-corrected chi connectivity index (χ2v) is 8.41. The molecule has 0 saturated carbocycles. The van der Waals surface area contributed by atoms with E-state index in [2.05, 4.69) is 43.4 Å². The van der Waals surface area contributed by atoms with E-state index in [1.165, 1.54) is 17.4 Å². The topological polar surface area (TPSA) is 46.2 Å². The normalized spacial score (nSPS) is 21.9. The van der Waals surface area contributed by atoms with Gasteiger partial charge in [0.25, 0.3) is 0 Å². The second-order valence-electron chi connectivity index (χ2n) is 6.15. The number of benzene rings is 1. The van der Waals surface area contributed by atoms with Crippen LogP contribution in [0.15, 0.2) is 24.3 Å². The van der Waals surface area contributed by atoms with Crippen LogP contribution < -0.4 is 5.32 Å². The van der Waals surface area contributed by atoms with Crippen molar-refractivity contribution in [2.75, 3.05) is 18.6 Å². The fraction of sp³-hybridized carbons (Fsp3) is 0.600. The van der Waals surface area contributed by atoms with E-state index < -0.39 is 9.84 Å². The Morgan fingerprint density at radius 1 is 1.32 bits per heavy atom. The Bertz CT molecular complexity index is 549. The van der Waals surface area contributed by atoms with E-state index >= 15 is 0 Å². The van der Waals surface area contributed by atoms with E-state index in [1.54, 1.807) is 0 Å². The van der Waals surface area contributed by atoms with Gasteiger partial charge in [-0.15, -0.1) is 0 Å². The van der Waals surface area contributed by atoms with Gasteiger partial charge >= 0.3 is 0 Å². The third kappa shape index (κ3) is 3.57. The summed E-state index contributed by atoms with van der Waals surface area (Å²) >= 11 is 0. The van der Waals surface area contributed by atoms with Gasteiger partial charge in [0.05, 0.1) is 5.75 Å². The van der Waals surface area contributed by atoms with Gasteiger partial charge in [0.15, 0.2) is 0 Å². The third-order valence-electron chi connectivity index (χ3n) is 3.99. The van der Waals surface area contributed by atoms with Crippen molar-refractivity contribution in [1.82, 2.24) is 5.32 Å². The van der Waals surface area contributed by atoms with Crippen LogP contribution in [0.4, 0.5) is 0 Å². The minimum Gasteiger partial charge on any atom is -0.309 e. The van der Waals surface area contributed by atoms with Gasteiger partial charge in [-0.3, -0.25) is 0 Å². The molecule has 1 unspecified atom stereocenters. The van der Waals surface area contributed by atoms with Gasteiger partial charge in [-0.2, -0.15) is 0 Å². The number of rotatable bonds is 4. The van der Waals surface area contributed by atoms with Gasteiger partial charge in [0.1, 0.15) is 9.84 Å². The fourth-order valence-corrected chi connectivity index (χ4v) is 3.33. The van der Waals surface area contributed by atoms with Gasteiger partial charge in [-0.1, -0.05) is 38.1 Å². The van der Waals surface area contributed by atoms with E-state index in [-0.39, 0.29) is 17.2 Å². The lowest BCUT2D eigenvalue weighted by atomic mass is 9.71. The summed E-state index contributed by atoms with van der Waals surface area (Å²) in [6.45, 7) is 5.08. The average molecular weight is 281 g/mol. The van der Waals surface area contributed by atoms with E-state index in [9.17, 15) is 8.42 Å². The minimum absolute atomic E-state index is 0.203. The Morgan fingerprint density at radius 2 is 2.00 bits per heavy atom. The molecule has 1 N–H and O–H groups in total. The Kier molecular flexibility index (Phi) is 4.02. The van der Waals surface area contributed by atoms with Gasteiger partial charge in [0.2, 0.25) is 0 Å². The van der Waals surface area contributed by atoms with Crippen LogP contribution in [0.3, 0.4) is 0 Å². The van der Waals surface area contributed by atoms with Crippen LogP contribution in [0.2, 0.25) is 0 Å². The van der Waals surface area contributed by atoms with Gasteiger partial charge in [0, 0.05) is 18.8 Å². The van der Waals surface area contributed by atoms with Gasteiger partial charge < -0.3 is 5.32 Å². The third-order valence-corrected chi connectivity index (χ3v) is 4.93.